The topological polar surface area (TPSA) is 6.48 Å². The summed E-state index contributed by atoms with van der Waals surface area (Å²) in [4.78, 5) is 6.44. The van der Waals surface area contributed by atoms with Crippen molar-refractivity contribution in [1.82, 2.24) is 9.80 Å². The number of hydrogen-bond acceptors (Lipinski definition) is 3. The Balaban J connectivity index is 0.000000290. The first kappa shape index (κ1) is 22.4. The third kappa shape index (κ3) is 6.60. The van der Waals surface area contributed by atoms with E-state index < -0.39 is 0 Å². The first-order chi connectivity index (χ1) is 14.1. The summed E-state index contributed by atoms with van der Waals surface area (Å²) in [5.74, 6) is 0.647. The van der Waals surface area contributed by atoms with Crippen molar-refractivity contribution < 1.29 is 0 Å². The van der Waals surface area contributed by atoms with Gasteiger partial charge < -0.3 is 4.90 Å². The van der Waals surface area contributed by atoms with Gasteiger partial charge in [-0.05, 0) is 69.6 Å². The van der Waals surface area contributed by atoms with E-state index in [9.17, 15) is 0 Å². The maximum Gasteiger partial charge on any atom is 0.0288 e. The highest BCUT2D eigenvalue weighted by Gasteiger charge is 2.30. The SMILES string of the molecule is CCN(Cc1ccc(C)cc1)CC1Sc2ccccc2C1C.CN1CCCCC1. The van der Waals surface area contributed by atoms with E-state index in [2.05, 4.69) is 97.9 Å². The second-order valence-corrected chi connectivity index (χ2v) is 9.94. The fourth-order valence-electron chi connectivity index (χ4n) is 4.19. The van der Waals surface area contributed by atoms with E-state index in [1.165, 1.54) is 53.9 Å². The molecular weight excluding hydrogens is 372 g/mol. The van der Waals surface area contributed by atoms with Gasteiger partial charge in [-0.2, -0.15) is 0 Å². The van der Waals surface area contributed by atoms with Crippen LogP contribution in [0.3, 0.4) is 0 Å². The summed E-state index contributed by atoms with van der Waals surface area (Å²) in [5.41, 5.74) is 4.28. The number of aryl methyl sites for hydroxylation is 1. The number of rotatable bonds is 5. The highest BCUT2D eigenvalue weighted by Crippen LogP contribution is 2.45. The summed E-state index contributed by atoms with van der Waals surface area (Å²) in [5, 5.41) is 0.669. The molecule has 2 unspecified atom stereocenters. The minimum absolute atomic E-state index is 0.647. The smallest absolute Gasteiger partial charge is 0.0288 e. The molecule has 158 valence electrons. The quantitative estimate of drug-likeness (QED) is 0.580. The first-order valence-corrected chi connectivity index (χ1v) is 12.2. The maximum absolute atomic E-state index is 2.57. The molecule has 2 aromatic carbocycles. The molecule has 3 heteroatoms. The zero-order valence-electron chi connectivity index (χ0n) is 18.7. The molecule has 0 radical (unpaired) electrons. The number of fused-ring (bicyclic) bond motifs is 1. The minimum Gasteiger partial charge on any atom is -0.306 e. The number of benzene rings is 2. The van der Waals surface area contributed by atoms with E-state index in [-0.39, 0.29) is 0 Å². The Morgan fingerprint density at radius 2 is 1.69 bits per heavy atom. The van der Waals surface area contributed by atoms with Crippen LogP contribution in [0.4, 0.5) is 0 Å². The zero-order chi connectivity index (χ0) is 20.6. The predicted molar refractivity (Wildman–Crippen MR) is 128 cm³/mol. The van der Waals surface area contributed by atoms with E-state index in [1.807, 2.05) is 0 Å². The highest BCUT2D eigenvalue weighted by molar-refractivity contribution is 8.00. The van der Waals surface area contributed by atoms with Crippen LogP contribution in [0, 0.1) is 6.92 Å². The van der Waals surface area contributed by atoms with Crippen molar-refractivity contribution in [2.45, 2.75) is 62.6 Å². The molecule has 2 atom stereocenters. The molecule has 2 nitrogen and oxygen atoms in total. The molecule has 2 aliphatic rings. The molecular formula is C26H38N2S. The second kappa shape index (κ2) is 11.2. The molecule has 0 amide bonds. The van der Waals surface area contributed by atoms with Crippen LogP contribution in [-0.4, -0.2) is 48.3 Å². The number of piperidine rings is 1. The lowest BCUT2D eigenvalue weighted by Gasteiger charge is -2.26. The molecule has 0 spiro atoms. The lowest BCUT2D eigenvalue weighted by atomic mass is 9.97. The Morgan fingerprint density at radius 1 is 1.00 bits per heavy atom. The van der Waals surface area contributed by atoms with Crippen LogP contribution in [0.1, 0.15) is 55.7 Å². The lowest BCUT2D eigenvalue weighted by Crippen LogP contribution is -2.31. The average Bonchev–Trinajstić information content (AvgIpc) is 3.06. The number of nitrogens with zero attached hydrogens (tertiary/aromatic N) is 2. The van der Waals surface area contributed by atoms with Gasteiger partial charge >= 0.3 is 0 Å². The monoisotopic (exact) mass is 410 g/mol. The first-order valence-electron chi connectivity index (χ1n) is 11.3. The van der Waals surface area contributed by atoms with Gasteiger partial charge in [-0.15, -0.1) is 11.8 Å². The van der Waals surface area contributed by atoms with Crippen LogP contribution in [0.15, 0.2) is 53.4 Å². The molecule has 0 aliphatic carbocycles. The van der Waals surface area contributed by atoms with E-state index in [1.54, 1.807) is 0 Å². The van der Waals surface area contributed by atoms with Gasteiger partial charge in [-0.25, -0.2) is 0 Å². The number of thioether (sulfide) groups is 1. The third-order valence-electron chi connectivity index (χ3n) is 6.24. The largest absolute Gasteiger partial charge is 0.306 e. The molecule has 2 aromatic rings. The van der Waals surface area contributed by atoms with Crippen LogP contribution >= 0.6 is 11.8 Å². The van der Waals surface area contributed by atoms with Crippen molar-refractivity contribution >= 4 is 11.8 Å². The van der Waals surface area contributed by atoms with E-state index in [0.29, 0.717) is 11.2 Å². The lowest BCUT2D eigenvalue weighted by molar-refractivity contribution is 0.275. The molecule has 2 aliphatic heterocycles. The minimum atomic E-state index is 0.647. The standard InChI is InChI=1S/C20H25NS.C6H13N/c1-4-21(13-17-11-9-15(2)10-12-17)14-20-16(3)18-7-5-6-8-19(18)22-20;1-7-5-3-2-4-6-7/h5-12,16,20H,4,13-14H2,1-3H3;2-6H2,1H3. The Bertz CT molecular complexity index is 737. The highest BCUT2D eigenvalue weighted by atomic mass is 32.2. The molecule has 4 rings (SSSR count). The van der Waals surface area contributed by atoms with Crippen LogP contribution in [-0.2, 0) is 6.54 Å². The molecule has 1 saturated heterocycles. The fourth-order valence-corrected chi connectivity index (χ4v) is 5.70. The van der Waals surface area contributed by atoms with Crippen LogP contribution in [0.25, 0.3) is 0 Å². The van der Waals surface area contributed by atoms with Gasteiger partial charge in [0.05, 0.1) is 0 Å². The summed E-state index contributed by atoms with van der Waals surface area (Å²) in [7, 11) is 2.19. The molecule has 0 saturated carbocycles. The average molecular weight is 411 g/mol. The summed E-state index contributed by atoms with van der Waals surface area (Å²) < 4.78 is 0. The van der Waals surface area contributed by atoms with Crippen molar-refractivity contribution in [2.75, 3.05) is 33.2 Å². The van der Waals surface area contributed by atoms with E-state index in [4.69, 9.17) is 0 Å². The molecule has 29 heavy (non-hydrogen) atoms. The van der Waals surface area contributed by atoms with Crippen molar-refractivity contribution in [3.63, 3.8) is 0 Å². The van der Waals surface area contributed by atoms with Gasteiger partial charge in [0.1, 0.15) is 0 Å². The molecule has 0 N–H and O–H groups in total. The summed E-state index contributed by atoms with van der Waals surface area (Å²) in [6, 6.07) is 17.8. The summed E-state index contributed by atoms with van der Waals surface area (Å²) >= 11 is 2.06. The van der Waals surface area contributed by atoms with Crippen molar-refractivity contribution in [3.05, 3.63) is 65.2 Å². The van der Waals surface area contributed by atoms with Gasteiger partial charge in [-0.3, -0.25) is 4.90 Å². The van der Waals surface area contributed by atoms with Crippen molar-refractivity contribution in [1.29, 1.82) is 0 Å². The molecule has 1 fully saturated rings. The number of hydrogen-bond donors (Lipinski definition) is 0. The Kier molecular flexibility index (Phi) is 8.65. The van der Waals surface area contributed by atoms with E-state index >= 15 is 0 Å². The number of likely N-dealkylation sites (tertiary alicyclic amines) is 1. The third-order valence-corrected chi connectivity index (χ3v) is 7.72. The molecule has 2 heterocycles. The van der Waals surface area contributed by atoms with Gasteiger partial charge in [0.25, 0.3) is 0 Å². The fraction of sp³-hybridized carbons (Fsp3) is 0.538. The normalized spacial score (nSPS) is 21.6. The van der Waals surface area contributed by atoms with Crippen molar-refractivity contribution in [3.8, 4) is 0 Å². The maximum atomic E-state index is 2.57. The van der Waals surface area contributed by atoms with Gasteiger partial charge in [-0.1, -0.05) is 68.3 Å². The summed E-state index contributed by atoms with van der Waals surface area (Å²) in [6.07, 6.45) is 4.28. The molecule has 0 aromatic heterocycles. The van der Waals surface area contributed by atoms with Crippen LogP contribution in [0.5, 0.6) is 0 Å². The van der Waals surface area contributed by atoms with Crippen LogP contribution in [0.2, 0.25) is 0 Å². The summed E-state index contributed by atoms with van der Waals surface area (Å²) in [6.45, 7) is 12.8. The predicted octanol–water partition coefficient (Wildman–Crippen LogP) is 6.20. The van der Waals surface area contributed by atoms with E-state index in [0.717, 1.165) is 19.6 Å². The Hall–Kier alpha value is -1.29. The van der Waals surface area contributed by atoms with Gasteiger partial charge in [0, 0.05) is 23.2 Å². The van der Waals surface area contributed by atoms with Crippen molar-refractivity contribution in [2.24, 2.45) is 0 Å². The second-order valence-electron chi connectivity index (χ2n) is 8.66. The van der Waals surface area contributed by atoms with Gasteiger partial charge in [0.15, 0.2) is 0 Å². The zero-order valence-corrected chi connectivity index (χ0v) is 19.5. The Morgan fingerprint density at radius 3 is 2.28 bits per heavy atom. The van der Waals surface area contributed by atoms with Gasteiger partial charge in [0.2, 0.25) is 0 Å². The molecule has 0 bridgehead atoms. The van der Waals surface area contributed by atoms with Crippen LogP contribution < -0.4 is 0 Å². The Labute approximate surface area is 182 Å².